The Kier molecular flexibility index (Phi) is 5.55. The topological polar surface area (TPSA) is 92.7 Å². The molecule has 160 valence electrons. The SMILES string of the molecule is N#Cc1c[nH]c2nc(Nc3ccc(N4CCCCS4)c(F)c3)nc(NC3CCCC3)c12. The number of fused-ring (bicyclic) bond motifs is 1. The summed E-state index contributed by atoms with van der Waals surface area (Å²) in [6.45, 7) is 0.860. The van der Waals surface area contributed by atoms with Crippen LogP contribution in [0.4, 0.5) is 27.5 Å². The molecule has 31 heavy (non-hydrogen) atoms. The molecule has 1 saturated heterocycles. The zero-order valence-corrected chi connectivity index (χ0v) is 17.9. The number of halogens is 1. The van der Waals surface area contributed by atoms with Crippen LogP contribution < -0.4 is 14.9 Å². The molecule has 9 heteroatoms. The zero-order chi connectivity index (χ0) is 21.2. The fourth-order valence-corrected chi connectivity index (χ4v) is 5.35. The van der Waals surface area contributed by atoms with Crippen LogP contribution in [0.3, 0.4) is 0 Å². The number of benzene rings is 1. The van der Waals surface area contributed by atoms with Crippen molar-refractivity contribution in [3.05, 3.63) is 35.8 Å². The van der Waals surface area contributed by atoms with Crippen LogP contribution in [-0.2, 0) is 0 Å². The minimum atomic E-state index is -0.267. The van der Waals surface area contributed by atoms with E-state index < -0.39 is 0 Å². The second-order valence-electron chi connectivity index (χ2n) is 7.99. The van der Waals surface area contributed by atoms with E-state index in [2.05, 4.69) is 31.7 Å². The van der Waals surface area contributed by atoms with Gasteiger partial charge >= 0.3 is 0 Å². The predicted octanol–water partition coefficient (Wildman–Crippen LogP) is 5.32. The van der Waals surface area contributed by atoms with E-state index in [1.165, 1.54) is 25.3 Å². The number of aromatic amines is 1. The van der Waals surface area contributed by atoms with Crippen molar-refractivity contribution in [2.75, 3.05) is 27.2 Å². The molecular weight excluding hydrogens is 413 g/mol. The number of anilines is 4. The molecule has 3 N–H and O–H groups in total. The van der Waals surface area contributed by atoms with Crippen molar-refractivity contribution in [1.29, 1.82) is 5.26 Å². The molecule has 7 nitrogen and oxygen atoms in total. The lowest BCUT2D eigenvalue weighted by molar-refractivity contribution is 0.625. The van der Waals surface area contributed by atoms with Crippen LogP contribution in [0.5, 0.6) is 0 Å². The number of aromatic nitrogens is 3. The third-order valence-electron chi connectivity index (χ3n) is 5.82. The summed E-state index contributed by atoms with van der Waals surface area (Å²) in [7, 11) is 0. The Morgan fingerprint density at radius 2 is 2.06 bits per heavy atom. The van der Waals surface area contributed by atoms with Crippen molar-refractivity contribution < 1.29 is 4.39 Å². The van der Waals surface area contributed by atoms with E-state index >= 15 is 0 Å². The summed E-state index contributed by atoms with van der Waals surface area (Å²) in [5, 5.41) is 16.8. The predicted molar refractivity (Wildman–Crippen MR) is 123 cm³/mol. The summed E-state index contributed by atoms with van der Waals surface area (Å²) >= 11 is 1.67. The number of nitrogens with one attached hydrogen (secondary N) is 3. The van der Waals surface area contributed by atoms with Gasteiger partial charge in [-0.3, -0.25) is 0 Å². The smallest absolute Gasteiger partial charge is 0.231 e. The molecule has 0 spiro atoms. The minimum Gasteiger partial charge on any atom is -0.367 e. The minimum absolute atomic E-state index is 0.267. The number of nitriles is 1. The van der Waals surface area contributed by atoms with Crippen LogP contribution in [0.1, 0.15) is 44.1 Å². The highest BCUT2D eigenvalue weighted by Gasteiger charge is 2.20. The summed E-state index contributed by atoms with van der Waals surface area (Å²) < 4.78 is 16.8. The van der Waals surface area contributed by atoms with E-state index in [0.29, 0.717) is 45.8 Å². The monoisotopic (exact) mass is 437 g/mol. The van der Waals surface area contributed by atoms with Gasteiger partial charge in [0, 0.05) is 30.2 Å². The van der Waals surface area contributed by atoms with Crippen molar-refractivity contribution >= 4 is 46.1 Å². The van der Waals surface area contributed by atoms with E-state index in [1.807, 2.05) is 10.4 Å². The normalized spacial score (nSPS) is 17.1. The number of H-pyrrole nitrogens is 1. The molecule has 1 aliphatic heterocycles. The maximum atomic E-state index is 14.8. The largest absolute Gasteiger partial charge is 0.367 e. The molecular formula is C22H24FN7S. The van der Waals surface area contributed by atoms with Gasteiger partial charge in [-0.25, -0.2) is 4.39 Å². The molecule has 0 unspecified atom stereocenters. The standard InChI is InChI=1S/C22H24FN7S/c23-17-11-16(7-8-18(17)30-9-3-4-10-31-30)27-22-28-20-19(14(12-24)13-25-20)21(29-22)26-15-5-1-2-6-15/h7-8,11,13,15H,1-6,9-10H2,(H3,25,26,27,28,29). The molecule has 3 heterocycles. The first kappa shape index (κ1) is 19.9. The van der Waals surface area contributed by atoms with Gasteiger partial charge in [0.1, 0.15) is 23.4 Å². The average molecular weight is 438 g/mol. The maximum absolute atomic E-state index is 14.8. The Morgan fingerprint density at radius 3 is 2.81 bits per heavy atom. The van der Waals surface area contributed by atoms with Crippen LogP contribution in [0.15, 0.2) is 24.4 Å². The molecule has 0 bridgehead atoms. The van der Waals surface area contributed by atoms with Gasteiger partial charge in [-0.05, 0) is 55.8 Å². The zero-order valence-electron chi connectivity index (χ0n) is 17.1. The van der Waals surface area contributed by atoms with E-state index in [-0.39, 0.29) is 5.82 Å². The molecule has 1 aromatic carbocycles. The highest BCUT2D eigenvalue weighted by atomic mass is 32.2. The first-order valence-electron chi connectivity index (χ1n) is 10.7. The van der Waals surface area contributed by atoms with Crippen LogP contribution in [-0.4, -0.2) is 33.3 Å². The molecule has 5 rings (SSSR count). The van der Waals surface area contributed by atoms with Crippen molar-refractivity contribution in [2.24, 2.45) is 0 Å². The first-order valence-corrected chi connectivity index (χ1v) is 11.7. The van der Waals surface area contributed by atoms with Gasteiger partial charge in [-0.2, -0.15) is 15.2 Å². The summed E-state index contributed by atoms with van der Waals surface area (Å²) in [5.74, 6) is 1.75. The first-order chi connectivity index (χ1) is 15.2. The van der Waals surface area contributed by atoms with Crippen molar-refractivity contribution in [3.63, 3.8) is 0 Å². The Labute approximate surface area is 184 Å². The fraction of sp³-hybridized carbons (Fsp3) is 0.409. The van der Waals surface area contributed by atoms with Gasteiger partial charge < -0.3 is 19.9 Å². The van der Waals surface area contributed by atoms with E-state index in [9.17, 15) is 9.65 Å². The lowest BCUT2D eigenvalue weighted by Crippen LogP contribution is -2.22. The van der Waals surface area contributed by atoms with Gasteiger partial charge in [-0.15, -0.1) is 0 Å². The number of hydrogen-bond donors (Lipinski definition) is 3. The molecule has 1 aliphatic carbocycles. The van der Waals surface area contributed by atoms with Crippen molar-refractivity contribution in [3.8, 4) is 6.07 Å². The van der Waals surface area contributed by atoms with Crippen LogP contribution in [0.2, 0.25) is 0 Å². The van der Waals surface area contributed by atoms with E-state index in [4.69, 9.17) is 0 Å². The second-order valence-corrected chi connectivity index (χ2v) is 9.10. The van der Waals surface area contributed by atoms with E-state index in [1.54, 1.807) is 24.2 Å². The van der Waals surface area contributed by atoms with Crippen LogP contribution in [0.25, 0.3) is 11.0 Å². The van der Waals surface area contributed by atoms with Gasteiger partial charge in [0.25, 0.3) is 0 Å². The van der Waals surface area contributed by atoms with Gasteiger partial charge in [-0.1, -0.05) is 12.8 Å². The van der Waals surface area contributed by atoms with Crippen molar-refractivity contribution in [1.82, 2.24) is 15.0 Å². The highest BCUT2D eigenvalue weighted by Crippen LogP contribution is 2.33. The van der Waals surface area contributed by atoms with Crippen LogP contribution in [0, 0.1) is 17.1 Å². The van der Waals surface area contributed by atoms with Gasteiger partial charge in [0.2, 0.25) is 5.95 Å². The molecule has 3 aromatic rings. The summed E-state index contributed by atoms with van der Waals surface area (Å²) in [6.07, 6.45) is 8.45. The number of hydrogen-bond acceptors (Lipinski definition) is 7. The molecule has 1 saturated carbocycles. The Hall–Kier alpha value is -2.99. The molecule has 2 fully saturated rings. The van der Waals surface area contributed by atoms with Gasteiger partial charge in [0.05, 0.1) is 16.6 Å². The average Bonchev–Trinajstić information content (AvgIpc) is 3.44. The summed E-state index contributed by atoms with van der Waals surface area (Å²) in [5.41, 5.74) is 2.28. The Bertz CT molecular complexity index is 1130. The molecule has 2 aliphatic rings. The van der Waals surface area contributed by atoms with Gasteiger partial charge in [0.15, 0.2) is 0 Å². The fourth-order valence-electron chi connectivity index (χ4n) is 4.25. The number of nitrogens with zero attached hydrogens (tertiary/aromatic N) is 4. The maximum Gasteiger partial charge on any atom is 0.231 e. The lowest BCUT2D eigenvalue weighted by atomic mass is 10.2. The van der Waals surface area contributed by atoms with E-state index in [0.717, 1.165) is 31.6 Å². The third kappa shape index (κ3) is 4.12. The Balaban J connectivity index is 1.43. The highest BCUT2D eigenvalue weighted by molar-refractivity contribution is 8.00. The third-order valence-corrected chi connectivity index (χ3v) is 6.99. The van der Waals surface area contributed by atoms with Crippen LogP contribution >= 0.6 is 11.9 Å². The molecule has 0 amide bonds. The quantitative estimate of drug-likeness (QED) is 0.466. The lowest BCUT2D eigenvalue weighted by Gasteiger charge is -2.27. The van der Waals surface area contributed by atoms with Crippen molar-refractivity contribution in [2.45, 2.75) is 44.6 Å². The molecule has 2 aromatic heterocycles. The molecule has 0 radical (unpaired) electrons. The Morgan fingerprint density at radius 1 is 1.19 bits per heavy atom. The molecule has 0 atom stereocenters. The number of rotatable bonds is 5. The second kappa shape index (κ2) is 8.63. The summed E-state index contributed by atoms with van der Waals surface area (Å²) in [6, 6.07) is 7.67. The summed E-state index contributed by atoms with van der Waals surface area (Å²) in [4.78, 5) is 12.2.